The van der Waals surface area contributed by atoms with Crippen molar-refractivity contribution < 1.29 is 14.3 Å². The Morgan fingerprint density at radius 3 is 2.40 bits per heavy atom. The third-order valence-corrected chi connectivity index (χ3v) is 6.19. The standard InChI is InChI=1S/C24H37N3O3/c1-24(2,3)17-21(28)26-12-14-27(15-13-26)22(18-8-5-6-9-18)23(29)25-19-10-7-11-20(16-19)30-4/h7,10-11,16,18,22H,5-6,8-9,12-15,17H2,1-4H3,(H,25,29). The topological polar surface area (TPSA) is 61.9 Å². The fourth-order valence-electron chi connectivity index (χ4n) is 4.68. The summed E-state index contributed by atoms with van der Waals surface area (Å²) in [5.41, 5.74) is 0.762. The molecular weight excluding hydrogens is 378 g/mol. The predicted octanol–water partition coefficient (Wildman–Crippen LogP) is 3.77. The second-order valence-corrected chi connectivity index (χ2v) is 9.86. The van der Waals surface area contributed by atoms with Crippen LogP contribution >= 0.6 is 0 Å². The molecule has 0 radical (unpaired) electrons. The van der Waals surface area contributed by atoms with E-state index in [1.807, 2.05) is 29.2 Å². The fourth-order valence-corrected chi connectivity index (χ4v) is 4.68. The van der Waals surface area contributed by atoms with Crippen LogP contribution in [0.4, 0.5) is 5.69 Å². The number of amides is 2. The number of methoxy groups -OCH3 is 1. The molecule has 2 fully saturated rings. The third kappa shape index (κ3) is 5.97. The number of nitrogens with zero attached hydrogens (tertiary/aromatic N) is 2. The van der Waals surface area contributed by atoms with Gasteiger partial charge in [0.1, 0.15) is 5.75 Å². The first kappa shape index (κ1) is 22.6. The lowest BCUT2D eigenvalue weighted by molar-refractivity contribution is -0.136. The van der Waals surface area contributed by atoms with Gasteiger partial charge in [0.15, 0.2) is 0 Å². The van der Waals surface area contributed by atoms with E-state index in [0.29, 0.717) is 25.4 Å². The first-order valence-corrected chi connectivity index (χ1v) is 11.2. The zero-order valence-corrected chi connectivity index (χ0v) is 18.9. The van der Waals surface area contributed by atoms with Crippen LogP contribution in [0.5, 0.6) is 5.75 Å². The van der Waals surface area contributed by atoms with Gasteiger partial charge in [-0.2, -0.15) is 0 Å². The Labute approximate surface area is 180 Å². The van der Waals surface area contributed by atoms with Crippen molar-refractivity contribution in [2.45, 2.75) is 58.9 Å². The number of piperazine rings is 1. The molecule has 0 aromatic heterocycles. The molecule has 0 bridgehead atoms. The Balaban J connectivity index is 1.66. The van der Waals surface area contributed by atoms with Crippen LogP contribution < -0.4 is 10.1 Å². The van der Waals surface area contributed by atoms with Gasteiger partial charge in [-0.1, -0.05) is 39.7 Å². The van der Waals surface area contributed by atoms with Gasteiger partial charge in [-0.15, -0.1) is 0 Å². The Bertz CT molecular complexity index is 729. The third-order valence-electron chi connectivity index (χ3n) is 6.19. The number of hydrogen-bond acceptors (Lipinski definition) is 4. The Morgan fingerprint density at radius 2 is 1.80 bits per heavy atom. The summed E-state index contributed by atoms with van der Waals surface area (Å²) < 4.78 is 5.28. The SMILES string of the molecule is COc1cccc(NC(=O)C(C2CCCC2)N2CCN(C(=O)CC(C)(C)C)CC2)c1. The summed E-state index contributed by atoms with van der Waals surface area (Å²) in [7, 11) is 1.63. The summed E-state index contributed by atoms with van der Waals surface area (Å²) in [6, 6.07) is 7.37. The van der Waals surface area contributed by atoms with Crippen molar-refractivity contribution in [3.8, 4) is 5.75 Å². The first-order chi connectivity index (χ1) is 14.3. The van der Waals surface area contributed by atoms with Gasteiger partial charge in [0.05, 0.1) is 13.2 Å². The number of nitrogens with one attached hydrogen (secondary N) is 1. The zero-order chi connectivity index (χ0) is 21.7. The predicted molar refractivity (Wildman–Crippen MR) is 120 cm³/mol. The monoisotopic (exact) mass is 415 g/mol. The second-order valence-electron chi connectivity index (χ2n) is 9.86. The average Bonchev–Trinajstić information content (AvgIpc) is 3.21. The molecule has 1 aromatic carbocycles. The van der Waals surface area contributed by atoms with Crippen molar-refractivity contribution in [1.82, 2.24) is 9.80 Å². The van der Waals surface area contributed by atoms with Crippen molar-refractivity contribution in [3.63, 3.8) is 0 Å². The summed E-state index contributed by atoms with van der Waals surface area (Å²) in [5, 5.41) is 3.11. The lowest BCUT2D eigenvalue weighted by atomic mass is 9.91. The molecule has 1 aliphatic heterocycles. The Morgan fingerprint density at radius 1 is 1.13 bits per heavy atom. The van der Waals surface area contributed by atoms with E-state index in [2.05, 4.69) is 31.0 Å². The quantitative estimate of drug-likeness (QED) is 0.768. The van der Waals surface area contributed by atoms with Gasteiger partial charge in [0.2, 0.25) is 11.8 Å². The van der Waals surface area contributed by atoms with E-state index in [0.717, 1.165) is 37.4 Å². The van der Waals surface area contributed by atoms with Crippen molar-refractivity contribution in [2.24, 2.45) is 11.3 Å². The summed E-state index contributed by atoms with van der Waals surface area (Å²) in [4.78, 5) is 30.2. The van der Waals surface area contributed by atoms with Crippen molar-refractivity contribution >= 4 is 17.5 Å². The molecule has 2 amide bonds. The molecule has 0 spiro atoms. The minimum Gasteiger partial charge on any atom is -0.497 e. The van der Waals surface area contributed by atoms with Gasteiger partial charge >= 0.3 is 0 Å². The Hall–Kier alpha value is -2.08. The van der Waals surface area contributed by atoms with Gasteiger partial charge in [0.25, 0.3) is 0 Å². The van der Waals surface area contributed by atoms with Crippen LogP contribution in [0.2, 0.25) is 0 Å². The second kappa shape index (κ2) is 9.82. The molecule has 1 heterocycles. The summed E-state index contributed by atoms with van der Waals surface area (Å²) in [6.07, 6.45) is 5.14. The summed E-state index contributed by atoms with van der Waals surface area (Å²) in [5.74, 6) is 1.40. The number of carbonyl (C=O) groups is 2. The number of anilines is 1. The minimum absolute atomic E-state index is 0.00275. The maximum absolute atomic E-state index is 13.3. The lowest BCUT2D eigenvalue weighted by Gasteiger charge is -2.41. The molecule has 1 aliphatic carbocycles. The number of ether oxygens (including phenoxy) is 1. The maximum atomic E-state index is 13.3. The molecule has 1 atom stereocenters. The molecule has 166 valence electrons. The van der Waals surface area contributed by atoms with Crippen molar-refractivity contribution in [2.75, 3.05) is 38.6 Å². The molecule has 6 heteroatoms. The van der Waals surface area contributed by atoms with E-state index in [1.165, 1.54) is 12.8 Å². The normalized spacial score (nSPS) is 19.5. The van der Waals surface area contributed by atoms with Crippen LogP contribution in [-0.2, 0) is 9.59 Å². The number of benzene rings is 1. The Kier molecular flexibility index (Phi) is 7.40. The molecule has 1 saturated heterocycles. The smallest absolute Gasteiger partial charge is 0.242 e. The van der Waals surface area contributed by atoms with E-state index in [9.17, 15) is 9.59 Å². The molecule has 1 saturated carbocycles. The highest BCUT2D eigenvalue weighted by atomic mass is 16.5. The van der Waals surface area contributed by atoms with Crippen LogP contribution in [0, 0.1) is 11.3 Å². The number of rotatable bonds is 6. The first-order valence-electron chi connectivity index (χ1n) is 11.2. The van der Waals surface area contributed by atoms with E-state index in [1.54, 1.807) is 7.11 Å². The molecule has 1 unspecified atom stereocenters. The molecule has 1 N–H and O–H groups in total. The van der Waals surface area contributed by atoms with Gasteiger partial charge in [0, 0.05) is 44.4 Å². The highest BCUT2D eigenvalue weighted by Gasteiger charge is 2.37. The molecule has 3 rings (SSSR count). The molecule has 2 aliphatic rings. The summed E-state index contributed by atoms with van der Waals surface area (Å²) >= 11 is 0. The molecule has 1 aromatic rings. The van der Waals surface area contributed by atoms with E-state index in [-0.39, 0.29) is 23.3 Å². The van der Waals surface area contributed by atoms with Crippen molar-refractivity contribution in [3.05, 3.63) is 24.3 Å². The molecule has 6 nitrogen and oxygen atoms in total. The van der Waals surface area contributed by atoms with Gasteiger partial charge in [-0.3, -0.25) is 14.5 Å². The van der Waals surface area contributed by atoms with Crippen molar-refractivity contribution in [1.29, 1.82) is 0 Å². The van der Waals surface area contributed by atoms with E-state index < -0.39 is 0 Å². The fraction of sp³-hybridized carbons (Fsp3) is 0.667. The largest absolute Gasteiger partial charge is 0.497 e. The van der Waals surface area contributed by atoms with Gasteiger partial charge < -0.3 is 15.0 Å². The van der Waals surface area contributed by atoms with Gasteiger partial charge in [-0.25, -0.2) is 0 Å². The van der Waals surface area contributed by atoms with Crippen LogP contribution in [0.25, 0.3) is 0 Å². The molecular formula is C24H37N3O3. The number of carbonyl (C=O) groups excluding carboxylic acids is 2. The van der Waals surface area contributed by atoms with Crippen LogP contribution in [-0.4, -0.2) is 60.9 Å². The van der Waals surface area contributed by atoms with Crippen LogP contribution in [0.1, 0.15) is 52.9 Å². The van der Waals surface area contributed by atoms with E-state index >= 15 is 0 Å². The zero-order valence-electron chi connectivity index (χ0n) is 18.9. The minimum atomic E-state index is -0.140. The highest BCUT2D eigenvalue weighted by molar-refractivity contribution is 5.95. The van der Waals surface area contributed by atoms with Crippen LogP contribution in [0.15, 0.2) is 24.3 Å². The average molecular weight is 416 g/mol. The van der Waals surface area contributed by atoms with Gasteiger partial charge in [-0.05, 0) is 36.3 Å². The summed E-state index contributed by atoms with van der Waals surface area (Å²) in [6.45, 7) is 9.20. The van der Waals surface area contributed by atoms with Crippen LogP contribution in [0.3, 0.4) is 0 Å². The highest BCUT2D eigenvalue weighted by Crippen LogP contribution is 2.32. The molecule has 30 heavy (non-hydrogen) atoms. The number of hydrogen-bond donors (Lipinski definition) is 1. The lowest BCUT2D eigenvalue weighted by Crippen LogP contribution is -2.57. The van der Waals surface area contributed by atoms with E-state index in [4.69, 9.17) is 4.74 Å². The maximum Gasteiger partial charge on any atom is 0.242 e.